The van der Waals surface area contributed by atoms with Crippen molar-refractivity contribution in [3.8, 4) is 17.2 Å². The molecule has 0 unspecified atom stereocenters. The highest BCUT2D eigenvalue weighted by Crippen LogP contribution is 2.39. The van der Waals surface area contributed by atoms with Crippen LogP contribution in [0.3, 0.4) is 0 Å². The first kappa shape index (κ1) is 13.8. The molecule has 1 fully saturated rings. The summed E-state index contributed by atoms with van der Waals surface area (Å²) >= 11 is 0. The van der Waals surface area contributed by atoms with E-state index in [1.54, 1.807) is 21.3 Å². The molecule has 1 saturated heterocycles. The van der Waals surface area contributed by atoms with Gasteiger partial charge in [-0.3, -0.25) is 0 Å². The number of ether oxygens (including phenoxy) is 3. The summed E-state index contributed by atoms with van der Waals surface area (Å²) in [7, 11) is 7.01. The van der Waals surface area contributed by atoms with E-state index in [0.29, 0.717) is 11.7 Å². The molecule has 1 aliphatic heterocycles. The van der Waals surface area contributed by atoms with E-state index in [0.717, 1.165) is 36.8 Å². The molecule has 1 N–H and O–H groups in total. The molecular formula is C14H22N2O3. The van der Waals surface area contributed by atoms with Crippen molar-refractivity contribution in [2.75, 3.05) is 52.9 Å². The Bertz CT molecular complexity index is 433. The van der Waals surface area contributed by atoms with Crippen LogP contribution in [0, 0.1) is 5.92 Å². The standard InChI is InChI=1S/C14H22N2O3/c1-16(9-10-7-15-8-10)11-5-13(18-3)14(19-4)6-12(11)17-2/h5-6,10,15H,7-9H2,1-4H3. The van der Waals surface area contributed by atoms with Gasteiger partial charge < -0.3 is 24.4 Å². The van der Waals surface area contributed by atoms with Crippen LogP contribution in [0.2, 0.25) is 0 Å². The molecule has 1 aromatic carbocycles. The first-order valence-corrected chi connectivity index (χ1v) is 6.41. The maximum Gasteiger partial charge on any atom is 0.164 e. The maximum atomic E-state index is 5.45. The number of hydrogen-bond donors (Lipinski definition) is 1. The number of rotatable bonds is 6. The van der Waals surface area contributed by atoms with Gasteiger partial charge in [0.2, 0.25) is 0 Å². The molecule has 0 saturated carbocycles. The summed E-state index contributed by atoms with van der Waals surface area (Å²) in [6.45, 7) is 3.17. The number of benzene rings is 1. The van der Waals surface area contributed by atoms with Crippen LogP contribution in [0.25, 0.3) is 0 Å². The smallest absolute Gasteiger partial charge is 0.164 e. The van der Waals surface area contributed by atoms with E-state index >= 15 is 0 Å². The minimum Gasteiger partial charge on any atom is -0.494 e. The van der Waals surface area contributed by atoms with Crippen LogP contribution in [0.15, 0.2) is 12.1 Å². The minimum absolute atomic E-state index is 0.682. The molecule has 5 heteroatoms. The van der Waals surface area contributed by atoms with Gasteiger partial charge in [0.05, 0.1) is 27.0 Å². The topological polar surface area (TPSA) is 43.0 Å². The van der Waals surface area contributed by atoms with E-state index in [1.165, 1.54) is 0 Å². The molecule has 0 bridgehead atoms. The van der Waals surface area contributed by atoms with Gasteiger partial charge in [0.1, 0.15) is 5.75 Å². The van der Waals surface area contributed by atoms with Crippen LogP contribution in [0.4, 0.5) is 5.69 Å². The fourth-order valence-corrected chi connectivity index (χ4v) is 2.27. The zero-order valence-corrected chi connectivity index (χ0v) is 12.0. The molecule has 0 radical (unpaired) electrons. The second-order valence-electron chi connectivity index (χ2n) is 4.78. The number of hydrogen-bond acceptors (Lipinski definition) is 5. The van der Waals surface area contributed by atoms with Gasteiger partial charge in [-0.2, -0.15) is 0 Å². The SMILES string of the molecule is COc1cc(OC)c(N(C)CC2CNC2)cc1OC. The lowest BCUT2D eigenvalue weighted by Crippen LogP contribution is -2.47. The summed E-state index contributed by atoms with van der Waals surface area (Å²) in [6.07, 6.45) is 0. The Labute approximate surface area is 114 Å². The van der Waals surface area contributed by atoms with Crippen molar-refractivity contribution in [2.45, 2.75) is 0 Å². The second kappa shape index (κ2) is 6.02. The number of nitrogens with one attached hydrogen (secondary N) is 1. The van der Waals surface area contributed by atoms with Gasteiger partial charge in [0.25, 0.3) is 0 Å². The molecule has 2 rings (SSSR count). The Balaban J connectivity index is 2.25. The Morgan fingerprint density at radius 3 is 2.11 bits per heavy atom. The van der Waals surface area contributed by atoms with E-state index in [4.69, 9.17) is 14.2 Å². The molecule has 19 heavy (non-hydrogen) atoms. The van der Waals surface area contributed by atoms with Crippen LogP contribution in [-0.2, 0) is 0 Å². The Morgan fingerprint density at radius 2 is 1.63 bits per heavy atom. The first-order chi connectivity index (χ1) is 9.19. The van der Waals surface area contributed by atoms with Gasteiger partial charge in [0, 0.05) is 44.7 Å². The van der Waals surface area contributed by atoms with Crippen molar-refractivity contribution in [2.24, 2.45) is 5.92 Å². The molecule has 106 valence electrons. The summed E-state index contributed by atoms with van der Waals surface area (Å²) in [5.74, 6) is 2.90. The molecule has 0 spiro atoms. The van der Waals surface area contributed by atoms with Gasteiger partial charge in [-0.25, -0.2) is 0 Å². The monoisotopic (exact) mass is 266 g/mol. The summed E-state index contributed by atoms with van der Waals surface area (Å²) in [5.41, 5.74) is 1.02. The van der Waals surface area contributed by atoms with Gasteiger partial charge in [-0.1, -0.05) is 0 Å². The van der Waals surface area contributed by atoms with Crippen molar-refractivity contribution >= 4 is 5.69 Å². The normalized spacial score (nSPS) is 14.7. The van der Waals surface area contributed by atoms with E-state index in [1.807, 2.05) is 12.1 Å². The number of nitrogens with zero attached hydrogens (tertiary/aromatic N) is 1. The van der Waals surface area contributed by atoms with Gasteiger partial charge >= 0.3 is 0 Å². The van der Waals surface area contributed by atoms with Crippen molar-refractivity contribution in [3.05, 3.63) is 12.1 Å². The van der Waals surface area contributed by atoms with Crippen LogP contribution in [-0.4, -0.2) is 48.0 Å². The van der Waals surface area contributed by atoms with Gasteiger partial charge in [-0.05, 0) is 0 Å². The van der Waals surface area contributed by atoms with Gasteiger partial charge in [-0.15, -0.1) is 0 Å². The Morgan fingerprint density at radius 1 is 1.05 bits per heavy atom. The Hall–Kier alpha value is -1.62. The molecule has 1 heterocycles. The highest BCUT2D eigenvalue weighted by molar-refractivity contribution is 5.65. The lowest BCUT2D eigenvalue weighted by Gasteiger charge is -2.33. The molecule has 1 aliphatic rings. The van der Waals surface area contributed by atoms with Crippen molar-refractivity contribution in [1.29, 1.82) is 0 Å². The van der Waals surface area contributed by atoms with Crippen molar-refractivity contribution < 1.29 is 14.2 Å². The highest BCUT2D eigenvalue weighted by atomic mass is 16.5. The van der Waals surface area contributed by atoms with E-state index in [2.05, 4.69) is 17.3 Å². The van der Waals surface area contributed by atoms with E-state index in [-0.39, 0.29) is 0 Å². The van der Waals surface area contributed by atoms with E-state index in [9.17, 15) is 0 Å². The van der Waals surface area contributed by atoms with Crippen LogP contribution in [0.1, 0.15) is 0 Å². The third kappa shape index (κ3) is 2.87. The lowest BCUT2D eigenvalue weighted by atomic mass is 10.0. The highest BCUT2D eigenvalue weighted by Gasteiger charge is 2.21. The van der Waals surface area contributed by atoms with Gasteiger partial charge in [0.15, 0.2) is 11.5 Å². The zero-order valence-electron chi connectivity index (χ0n) is 12.0. The predicted octanol–water partition coefficient (Wildman–Crippen LogP) is 1.37. The summed E-state index contributed by atoms with van der Waals surface area (Å²) < 4.78 is 16.1. The summed E-state index contributed by atoms with van der Waals surface area (Å²) in [4.78, 5) is 2.20. The van der Waals surface area contributed by atoms with Crippen molar-refractivity contribution in [3.63, 3.8) is 0 Å². The number of methoxy groups -OCH3 is 3. The van der Waals surface area contributed by atoms with Crippen LogP contribution in [0.5, 0.6) is 17.2 Å². The molecule has 0 amide bonds. The molecule has 0 atom stereocenters. The lowest BCUT2D eigenvalue weighted by molar-refractivity contribution is 0.344. The molecule has 0 aromatic heterocycles. The van der Waals surface area contributed by atoms with Crippen molar-refractivity contribution in [1.82, 2.24) is 5.32 Å². The summed E-state index contributed by atoms with van der Waals surface area (Å²) in [6, 6.07) is 3.83. The minimum atomic E-state index is 0.682. The fourth-order valence-electron chi connectivity index (χ4n) is 2.27. The maximum absolute atomic E-state index is 5.45. The molecular weight excluding hydrogens is 244 g/mol. The van der Waals surface area contributed by atoms with E-state index < -0.39 is 0 Å². The molecule has 5 nitrogen and oxygen atoms in total. The third-order valence-corrected chi connectivity index (χ3v) is 3.49. The molecule has 0 aliphatic carbocycles. The van der Waals surface area contributed by atoms with Crippen LogP contribution < -0.4 is 24.4 Å². The Kier molecular flexibility index (Phi) is 4.37. The quantitative estimate of drug-likeness (QED) is 0.842. The zero-order chi connectivity index (χ0) is 13.8. The third-order valence-electron chi connectivity index (χ3n) is 3.49. The average Bonchev–Trinajstić information content (AvgIpc) is 2.40. The molecule has 1 aromatic rings. The average molecular weight is 266 g/mol. The summed E-state index contributed by atoms with van der Waals surface area (Å²) in [5, 5.41) is 3.28. The fraction of sp³-hybridized carbons (Fsp3) is 0.571. The van der Waals surface area contributed by atoms with Crippen LogP contribution >= 0.6 is 0 Å². The second-order valence-corrected chi connectivity index (χ2v) is 4.78. The number of anilines is 1. The largest absolute Gasteiger partial charge is 0.494 e. The first-order valence-electron chi connectivity index (χ1n) is 6.41. The predicted molar refractivity (Wildman–Crippen MR) is 75.7 cm³/mol.